The van der Waals surface area contributed by atoms with Crippen molar-refractivity contribution in [3.8, 4) is 5.75 Å². The number of anilines is 1. The molecule has 0 saturated carbocycles. The largest absolute Gasteiger partial charge is 0.573 e. The smallest absolute Gasteiger partial charge is 0.406 e. The van der Waals surface area contributed by atoms with E-state index in [9.17, 15) is 18.0 Å². The standard InChI is InChI=1S/C13H15F3N2O2/c14-13(15,16)20-11-5-3-10(4-6-11)17-12(19)9-18-7-1-2-8-18/h3-6H,1-2,7-9H2,(H,17,19). The zero-order valence-corrected chi connectivity index (χ0v) is 10.7. The van der Waals surface area contributed by atoms with Gasteiger partial charge in [-0.05, 0) is 50.2 Å². The number of nitrogens with zero attached hydrogens (tertiary/aromatic N) is 1. The van der Waals surface area contributed by atoms with Gasteiger partial charge in [0.15, 0.2) is 0 Å². The molecule has 1 amide bonds. The minimum atomic E-state index is -4.71. The van der Waals surface area contributed by atoms with E-state index in [4.69, 9.17) is 0 Å². The summed E-state index contributed by atoms with van der Waals surface area (Å²) >= 11 is 0. The number of rotatable bonds is 4. The molecule has 0 aromatic heterocycles. The van der Waals surface area contributed by atoms with Crippen LogP contribution in [0, 0.1) is 0 Å². The third-order valence-corrected chi connectivity index (χ3v) is 2.94. The maximum absolute atomic E-state index is 12.0. The van der Waals surface area contributed by atoms with Crippen LogP contribution in [0.1, 0.15) is 12.8 Å². The molecular weight excluding hydrogens is 273 g/mol. The first-order valence-corrected chi connectivity index (χ1v) is 6.30. The molecule has 0 radical (unpaired) electrons. The minimum absolute atomic E-state index is 0.170. The zero-order valence-electron chi connectivity index (χ0n) is 10.7. The molecule has 4 nitrogen and oxygen atoms in total. The number of halogens is 3. The molecule has 1 aromatic carbocycles. The Balaban J connectivity index is 1.85. The second kappa shape index (κ2) is 6.13. The number of nitrogens with one attached hydrogen (secondary N) is 1. The van der Waals surface area contributed by atoms with E-state index >= 15 is 0 Å². The molecule has 1 N–H and O–H groups in total. The zero-order chi connectivity index (χ0) is 14.6. The van der Waals surface area contributed by atoms with Crippen molar-refractivity contribution < 1.29 is 22.7 Å². The SMILES string of the molecule is O=C(CN1CCCC1)Nc1ccc(OC(F)(F)F)cc1. The Bertz CT molecular complexity index is 454. The first-order chi connectivity index (χ1) is 9.42. The van der Waals surface area contributed by atoms with E-state index in [0.29, 0.717) is 12.2 Å². The number of hydrogen-bond donors (Lipinski definition) is 1. The van der Waals surface area contributed by atoms with E-state index < -0.39 is 6.36 Å². The number of ether oxygens (including phenoxy) is 1. The van der Waals surface area contributed by atoms with Crippen molar-refractivity contribution in [1.29, 1.82) is 0 Å². The third kappa shape index (κ3) is 4.73. The lowest BCUT2D eigenvalue weighted by atomic mass is 10.3. The van der Waals surface area contributed by atoms with Gasteiger partial charge in [-0.1, -0.05) is 0 Å². The van der Waals surface area contributed by atoms with E-state index in [2.05, 4.69) is 10.1 Å². The van der Waals surface area contributed by atoms with Crippen LogP contribution in [0.25, 0.3) is 0 Å². The molecule has 0 spiro atoms. The molecule has 1 aliphatic heterocycles. The second-order valence-electron chi connectivity index (χ2n) is 4.60. The van der Waals surface area contributed by atoms with E-state index in [-0.39, 0.29) is 11.7 Å². The second-order valence-corrected chi connectivity index (χ2v) is 4.60. The van der Waals surface area contributed by atoms with Crippen molar-refractivity contribution in [2.75, 3.05) is 25.0 Å². The Morgan fingerprint density at radius 1 is 1.20 bits per heavy atom. The van der Waals surface area contributed by atoms with Crippen LogP contribution in [0.4, 0.5) is 18.9 Å². The lowest BCUT2D eigenvalue weighted by Gasteiger charge is -2.14. The molecule has 2 rings (SSSR count). The van der Waals surface area contributed by atoms with Crippen LogP contribution < -0.4 is 10.1 Å². The van der Waals surface area contributed by atoms with Gasteiger partial charge in [0, 0.05) is 5.69 Å². The summed E-state index contributed by atoms with van der Waals surface area (Å²) < 4.78 is 39.7. The maximum atomic E-state index is 12.0. The highest BCUT2D eigenvalue weighted by Crippen LogP contribution is 2.23. The molecule has 1 saturated heterocycles. The van der Waals surface area contributed by atoms with E-state index in [1.54, 1.807) is 0 Å². The summed E-state index contributed by atoms with van der Waals surface area (Å²) in [4.78, 5) is 13.8. The van der Waals surface area contributed by atoms with Gasteiger partial charge in [-0.15, -0.1) is 13.2 Å². The van der Waals surface area contributed by atoms with Crippen molar-refractivity contribution in [1.82, 2.24) is 4.90 Å². The summed E-state index contributed by atoms with van der Waals surface area (Å²) in [6.45, 7) is 2.12. The number of amides is 1. The molecule has 0 bridgehead atoms. The number of alkyl halides is 3. The predicted molar refractivity (Wildman–Crippen MR) is 67.4 cm³/mol. The van der Waals surface area contributed by atoms with Crippen molar-refractivity contribution in [3.05, 3.63) is 24.3 Å². The molecule has 7 heteroatoms. The van der Waals surface area contributed by atoms with Crippen molar-refractivity contribution in [2.45, 2.75) is 19.2 Å². The fourth-order valence-corrected chi connectivity index (χ4v) is 2.08. The van der Waals surface area contributed by atoms with Crippen molar-refractivity contribution >= 4 is 11.6 Å². The summed E-state index contributed by atoms with van der Waals surface area (Å²) in [5.41, 5.74) is 0.448. The first kappa shape index (κ1) is 14.6. The minimum Gasteiger partial charge on any atom is -0.406 e. The number of carbonyl (C=O) groups is 1. The number of likely N-dealkylation sites (tertiary alicyclic amines) is 1. The Labute approximate surface area is 114 Å². The van der Waals surface area contributed by atoms with Gasteiger partial charge in [-0.25, -0.2) is 0 Å². The maximum Gasteiger partial charge on any atom is 0.573 e. The summed E-state index contributed by atoms with van der Waals surface area (Å²) in [5, 5.41) is 2.64. The topological polar surface area (TPSA) is 41.6 Å². The third-order valence-electron chi connectivity index (χ3n) is 2.94. The van der Waals surface area contributed by atoms with Crippen LogP contribution in [-0.2, 0) is 4.79 Å². The molecule has 0 aliphatic carbocycles. The van der Waals surface area contributed by atoms with E-state index in [0.717, 1.165) is 25.9 Å². The Hall–Kier alpha value is -1.76. The molecule has 110 valence electrons. The number of benzene rings is 1. The van der Waals surface area contributed by atoms with E-state index in [1.807, 2.05) is 4.90 Å². The fraction of sp³-hybridized carbons (Fsp3) is 0.462. The van der Waals surface area contributed by atoms with E-state index in [1.165, 1.54) is 24.3 Å². The summed E-state index contributed by atoms with van der Waals surface area (Å²) in [7, 11) is 0. The molecule has 1 aliphatic rings. The molecule has 1 aromatic rings. The van der Waals surface area contributed by atoms with Crippen LogP contribution >= 0.6 is 0 Å². The van der Waals surface area contributed by atoms with Gasteiger partial charge in [0.05, 0.1) is 6.54 Å². The summed E-state index contributed by atoms with van der Waals surface area (Å²) in [5.74, 6) is -0.480. The highest BCUT2D eigenvalue weighted by molar-refractivity contribution is 5.92. The Kier molecular flexibility index (Phi) is 4.49. The molecule has 1 heterocycles. The summed E-state index contributed by atoms with van der Waals surface area (Å²) in [6, 6.07) is 5.09. The Morgan fingerprint density at radius 3 is 2.35 bits per heavy atom. The first-order valence-electron chi connectivity index (χ1n) is 6.30. The van der Waals surface area contributed by atoms with Crippen LogP contribution in [0.15, 0.2) is 24.3 Å². The molecule has 0 atom stereocenters. The van der Waals surface area contributed by atoms with Gasteiger partial charge in [0.1, 0.15) is 5.75 Å². The van der Waals surface area contributed by atoms with Crippen molar-refractivity contribution in [2.24, 2.45) is 0 Å². The average molecular weight is 288 g/mol. The molecule has 20 heavy (non-hydrogen) atoms. The highest BCUT2D eigenvalue weighted by atomic mass is 19.4. The summed E-state index contributed by atoms with van der Waals surface area (Å²) in [6.07, 6.45) is -2.52. The average Bonchev–Trinajstić information content (AvgIpc) is 2.82. The van der Waals surface area contributed by atoms with Gasteiger partial charge in [0.25, 0.3) is 0 Å². The van der Waals surface area contributed by atoms with Crippen LogP contribution in [-0.4, -0.2) is 36.8 Å². The van der Waals surface area contributed by atoms with Gasteiger partial charge >= 0.3 is 6.36 Å². The van der Waals surface area contributed by atoms with Gasteiger partial charge in [-0.2, -0.15) is 0 Å². The van der Waals surface area contributed by atoms with Crippen molar-refractivity contribution in [3.63, 3.8) is 0 Å². The van der Waals surface area contributed by atoms with Gasteiger partial charge < -0.3 is 10.1 Å². The lowest BCUT2D eigenvalue weighted by Crippen LogP contribution is -2.30. The number of carbonyl (C=O) groups excluding carboxylic acids is 1. The fourth-order valence-electron chi connectivity index (χ4n) is 2.08. The van der Waals surface area contributed by atoms with Crippen LogP contribution in [0.5, 0.6) is 5.75 Å². The predicted octanol–water partition coefficient (Wildman–Crippen LogP) is 2.62. The normalized spacial score (nSPS) is 16.1. The lowest BCUT2D eigenvalue weighted by molar-refractivity contribution is -0.274. The Morgan fingerprint density at radius 2 is 1.80 bits per heavy atom. The monoisotopic (exact) mass is 288 g/mol. The molecule has 1 fully saturated rings. The van der Waals surface area contributed by atoms with Gasteiger partial charge in [0.2, 0.25) is 5.91 Å². The van der Waals surface area contributed by atoms with Crippen LogP contribution in [0.2, 0.25) is 0 Å². The number of hydrogen-bond acceptors (Lipinski definition) is 3. The molecular formula is C13H15F3N2O2. The van der Waals surface area contributed by atoms with Crippen LogP contribution in [0.3, 0.4) is 0 Å². The molecule has 0 unspecified atom stereocenters. The quantitative estimate of drug-likeness (QED) is 0.926. The van der Waals surface area contributed by atoms with Gasteiger partial charge in [-0.3, -0.25) is 9.69 Å². The highest BCUT2D eigenvalue weighted by Gasteiger charge is 2.30.